The average molecular weight is 270 g/mol. The highest BCUT2D eigenvalue weighted by Crippen LogP contribution is 2.20. The summed E-state index contributed by atoms with van der Waals surface area (Å²) in [5.74, 6) is 2.80. The third-order valence-corrected chi connectivity index (χ3v) is 3.83. The van der Waals surface area contributed by atoms with E-state index in [4.69, 9.17) is 0 Å². The molecule has 1 aliphatic rings. The Labute approximate surface area is 111 Å². The van der Waals surface area contributed by atoms with Gasteiger partial charge in [0.15, 0.2) is 11.6 Å². The van der Waals surface area contributed by atoms with Crippen molar-refractivity contribution in [3.8, 4) is 0 Å². The smallest absolute Gasteiger partial charge is 0.224 e. The molecule has 4 nitrogen and oxygen atoms in total. The van der Waals surface area contributed by atoms with Crippen LogP contribution in [0.2, 0.25) is 0 Å². The quantitative estimate of drug-likeness (QED) is 0.909. The Balaban J connectivity index is 2.13. The molecule has 100 valence electrons. The molecular weight excluding hydrogens is 251 g/mol. The summed E-state index contributed by atoms with van der Waals surface area (Å²) in [7, 11) is 0. The van der Waals surface area contributed by atoms with Gasteiger partial charge in [0, 0.05) is 25.4 Å². The van der Waals surface area contributed by atoms with Crippen molar-refractivity contribution in [2.75, 3.05) is 41.4 Å². The fourth-order valence-corrected chi connectivity index (χ4v) is 2.75. The Kier molecular flexibility index (Phi) is 5.04. The molecule has 2 rings (SSSR count). The number of aromatic nitrogens is 2. The van der Waals surface area contributed by atoms with Crippen molar-refractivity contribution >= 4 is 23.5 Å². The van der Waals surface area contributed by atoms with Gasteiger partial charge in [-0.2, -0.15) is 16.7 Å². The van der Waals surface area contributed by atoms with E-state index in [-0.39, 0.29) is 5.82 Å². The second-order valence-corrected chi connectivity index (χ2v) is 5.47. The van der Waals surface area contributed by atoms with Gasteiger partial charge < -0.3 is 10.2 Å². The zero-order valence-corrected chi connectivity index (χ0v) is 11.5. The summed E-state index contributed by atoms with van der Waals surface area (Å²) in [6, 6.07) is 0. The number of nitrogens with one attached hydrogen (secondary N) is 1. The standard InChI is InChI=1S/C12H19FN4S/c1-2-4-14-12-15-9-10(13)11(16-12)17-5-3-7-18-8-6-17/h9H,2-8H2,1H3,(H,14,15,16). The fraction of sp³-hybridized carbons (Fsp3) is 0.667. The minimum Gasteiger partial charge on any atom is -0.354 e. The molecule has 1 aliphatic heterocycles. The molecule has 1 aromatic rings. The van der Waals surface area contributed by atoms with Crippen LogP contribution in [0.4, 0.5) is 16.2 Å². The van der Waals surface area contributed by atoms with Crippen LogP contribution in [-0.4, -0.2) is 41.1 Å². The molecule has 6 heteroatoms. The predicted octanol–water partition coefficient (Wildman–Crippen LogP) is 2.38. The molecule has 18 heavy (non-hydrogen) atoms. The SMILES string of the molecule is CCCNc1ncc(F)c(N2CCCSCC2)n1. The number of halogens is 1. The summed E-state index contributed by atoms with van der Waals surface area (Å²) >= 11 is 1.91. The maximum Gasteiger partial charge on any atom is 0.224 e. The minimum absolute atomic E-state index is 0.330. The largest absolute Gasteiger partial charge is 0.354 e. The highest BCUT2D eigenvalue weighted by molar-refractivity contribution is 7.99. The zero-order chi connectivity index (χ0) is 12.8. The van der Waals surface area contributed by atoms with Crippen molar-refractivity contribution in [1.29, 1.82) is 0 Å². The van der Waals surface area contributed by atoms with Crippen molar-refractivity contribution in [1.82, 2.24) is 9.97 Å². The normalized spacial score (nSPS) is 16.4. The molecule has 0 radical (unpaired) electrons. The molecule has 0 saturated carbocycles. The second-order valence-electron chi connectivity index (χ2n) is 4.24. The van der Waals surface area contributed by atoms with E-state index in [2.05, 4.69) is 22.2 Å². The highest BCUT2D eigenvalue weighted by atomic mass is 32.2. The van der Waals surface area contributed by atoms with E-state index in [1.54, 1.807) is 0 Å². The van der Waals surface area contributed by atoms with Gasteiger partial charge >= 0.3 is 0 Å². The van der Waals surface area contributed by atoms with Gasteiger partial charge in [0.25, 0.3) is 0 Å². The van der Waals surface area contributed by atoms with E-state index in [9.17, 15) is 4.39 Å². The summed E-state index contributed by atoms with van der Waals surface area (Å²) in [4.78, 5) is 10.3. The summed E-state index contributed by atoms with van der Waals surface area (Å²) in [6.45, 7) is 4.60. The number of rotatable bonds is 4. The van der Waals surface area contributed by atoms with Gasteiger partial charge in [-0.3, -0.25) is 0 Å². The lowest BCUT2D eigenvalue weighted by atomic mass is 10.4. The van der Waals surface area contributed by atoms with E-state index < -0.39 is 0 Å². The fourth-order valence-electron chi connectivity index (χ4n) is 1.86. The molecule has 0 bridgehead atoms. The van der Waals surface area contributed by atoms with Crippen LogP contribution in [0, 0.1) is 5.82 Å². The second kappa shape index (κ2) is 6.78. The minimum atomic E-state index is -0.330. The van der Waals surface area contributed by atoms with Crippen molar-refractivity contribution in [3.63, 3.8) is 0 Å². The lowest BCUT2D eigenvalue weighted by Gasteiger charge is -2.21. The van der Waals surface area contributed by atoms with Crippen LogP contribution < -0.4 is 10.2 Å². The summed E-state index contributed by atoms with van der Waals surface area (Å²) in [6.07, 6.45) is 3.33. The third kappa shape index (κ3) is 3.48. The van der Waals surface area contributed by atoms with Gasteiger partial charge in [-0.1, -0.05) is 6.92 Å². The summed E-state index contributed by atoms with van der Waals surface area (Å²) in [5.41, 5.74) is 0. The molecule has 0 atom stereocenters. The lowest BCUT2D eigenvalue weighted by molar-refractivity contribution is 0.603. The molecule has 1 fully saturated rings. The maximum absolute atomic E-state index is 13.8. The Bertz CT molecular complexity index is 380. The summed E-state index contributed by atoms with van der Waals surface area (Å²) < 4.78 is 13.8. The first-order valence-corrected chi connectivity index (χ1v) is 7.56. The van der Waals surface area contributed by atoms with Gasteiger partial charge in [0.1, 0.15) is 0 Å². The van der Waals surface area contributed by atoms with Crippen LogP contribution in [0.25, 0.3) is 0 Å². The van der Waals surface area contributed by atoms with E-state index in [1.807, 2.05) is 16.7 Å². The highest BCUT2D eigenvalue weighted by Gasteiger charge is 2.16. The molecular formula is C12H19FN4S. The number of nitrogens with zero attached hydrogens (tertiary/aromatic N) is 3. The topological polar surface area (TPSA) is 41.1 Å². The van der Waals surface area contributed by atoms with Crippen LogP contribution in [0.5, 0.6) is 0 Å². The van der Waals surface area contributed by atoms with Crippen molar-refractivity contribution in [2.24, 2.45) is 0 Å². The molecule has 1 N–H and O–H groups in total. The van der Waals surface area contributed by atoms with E-state index in [0.717, 1.165) is 44.0 Å². The molecule has 2 heterocycles. The molecule has 1 aromatic heterocycles. The Morgan fingerprint density at radius 1 is 1.44 bits per heavy atom. The van der Waals surface area contributed by atoms with Crippen LogP contribution in [-0.2, 0) is 0 Å². The Morgan fingerprint density at radius 2 is 2.33 bits per heavy atom. The van der Waals surface area contributed by atoms with Gasteiger partial charge in [-0.05, 0) is 18.6 Å². The first-order valence-electron chi connectivity index (χ1n) is 6.40. The van der Waals surface area contributed by atoms with E-state index in [0.29, 0.717) is 11.8 Å². The average Bonchev–Trinajstić information content (AvgIpc) is 2.66. The first kappa shape index (κ1) is 13.4. The van der Waals surface area contributed by atoms with Crippen LogP contribution in [0.15, 0.2) is 6.20 Å². The number of hydrogen-bond donors (Lipinski definition) is 1. The Morgan fingerprint density at radius 3 is 3.17 bits per heavy atom. The molecule has 0 spiro atoms. The number of hydrogen-bond acceptors (Lipinski definition) is 5. The molecule has 0 amide bonds. The van der Waals surface area contributed by atoms with Gasteiger partial charge in [0.2, 0.25) is 5.95 Å². The summed E-state index contributed by atoms with van der Waals surface area (Å²) in [5, 5.41) is 3.10. The van der Waals surface area contributed by atoms with E-state index >= 15 is 0 Å². The van der Waals surface area contributed by atoms with Crippen molar-refractivity contribution < 1.29 is 4.39 Å². The Hall–Kier alpha value is -1.04. The first-order chi connectivity index (χ1) is 8.81. The van der Waals surface area contributed by atoms with Crippen LogP contribution in [0.3, 0.4) is 0 Å². The third-order valence-electron chi connectivity index (χ3n) is 2.78. The number of thioether (sulfide) groups is 1. The van der Waals surface area contributed by atoms with Gasteiger partial charge in [-0.25, -0.2) is 9.37 Å². The molecule has 0 aromatic carbocycles. The van der Waals surface area contributed by atoms with Gasteiger partial charge in [-0.15, -0.1) is 0 Å². The van der Waals surface area contributed by atoms with Crippen LogP contribution in [0.1, 0.15) is 19.8 Å². The maximum atomic E-state index is 13.8. The number of anilines is 2. The van der Waals surface area contributed by atoms with Crippen molar-refractivity contribution in [3.05, 3.63) is 12.0 Å². The van der Waals surface area contributed by atoms with Crippen molar-refractivity contribution in [2.45, 2.75) is 19.8 Å². The van der Waals surface area contributed by atoms with Gasteiger partial charge in [0.05, 0.1) is 6.20 Å². The molecule has 0 unspecified atom stereocenters. The van der Waals surface area contributed by atoms with E-state index in [1.165, 1.54) is 6.20 Å². The van der Waals surface area contributed by atoms with Crippen LogP contribution >= 0.6 is 11.8 Å². The molecule has 1 saturated heterocycles. The molecule has 0 aliphatic carbocycles. The zero-order valence-electron chi connectivity index (χ0n) is 10.7. The monoisotopic (exact) mass is 270 g/mol. The lowest BCUT2D eigenvalue weighted by Crippen LogP contribution is -2.28. The predicted molar refractivity (Wildman–Crippen MR) is 74.9 cm³/mol.